The van der Waals surface area contributed by atoms with E-state index < -0.39 is 0 Å². The minimum atomic E-state index is 0.112. The summed E-state index contributed by atoms with van der Waals surface area (Å²) in [6.07, 6.45) is 2.04. The van der Waals surface area contributed by atoms with Crippen molar-refractivity contribution in [2.24, 2.45) is 0 Å². The Balaban J connectivity index is 1.30. The van der Waals surface area contributed by atoms with Crippen molar-refractivity contribution in [3.8, 4) is 0 Å². The van der Waals surface area contributed by atoms with Crippen molar-refractivity contribution in [1.82, 2.24) is 14.9 Å². The molecule has 0 aliphatic carbocycles. The first-order chi connectivity index (χ1) is 13.7. The first-order valence-corrected chi connectivity index (χ1v) is 10.3. The van der Waals surface area contributed by atoms with Crippen LogP contribution in [0.15, 0.2) is 54.0 Å². The molecule has 6 nitrogen and oxygen atoms in total. The van der Waals surface area contributed by atoms with Gasteiger partial charge in [-0.15, -0.1) is 11.3 Å². The summed E-state index contributed by atoms with van der Waals surface area (Å²) in [6, 6.07) is 13.5. The van der Waals surface area contributed by atoms with Crippen molar-refractivity contribution >= 4 is 45.5 Å². The minimum Gasteiger partial charge on any atom is -0.368 e. The van der Waals surface area contributed by atoms with Gasteiger partial charge < -0.3 is 15.1 Å². The van der Waals surface area contributed by atoms with Crippen LogP contribution in [0.3, 0.4) is 0 Å². The van der Waals surface area contributed by atoms with Crippen LogP contribution in [0.2, 0.25) is 5.02 Å². The van der Waals surface area contributed by atoms with Crippen LogP contribution in [0.1, 0.15) is 5.69 Å². The summed E-state index contributed by atoms with van der Waals surface area (Å²) >= 11 is 7.56. The lowest BCUT2D eigenvalue weighted by atomic mass is 10.2. The van der Waals surface area contributed by atoms with Crippen LogP contribution in [0.25, 0.3) is 0 Å². The lowest BCUT2D eigenvalue weighted by Crippen LogP contribution is -2.49. The number of nitrogens with one attached hydrogen (secondary N) is 1. The average Bonchev–Trinajstić information content (AvgIpc) is 3.15. The molecule has 3 aromatic rings. The standard InChI is InChI=1S/C20H20ClN5OS/c21-15-4-3-5-17(12-15)25-8-10-26(11-9-25)19(27)13-16-14-28-20(23-16)24-18-6-1-2-7-22-18/h1-7,12,14H,8-11,13H2,(H,22,23,24). The first-order valence-electron chi connectivity index (χ1n) is 9.08. The van der Waals surface area contributed by atoms with E-state index in [1.54, 1.807) is 6.20 Å². The molecular weight excluding hydrogens is 394 g/mol. The molecule has 1 aromatic carbocycles. The quantitative estimate of drug-likeness (QED) is 0.688. The largest absolute Gasteiger partial charge is 0.368 e. The molecule has 1 N–H and O–H groups in total. The predicted molar refractivity (Wildman–Crippen MR) is 114 cm³/mol. The fraction of sp³-hybridized carbons (Fsp3) is 0.250. The average molecular weight is 414 g/mol. The zero-order chi connectivity index (χ0) is 19.3. The molecule has 0 bridgehead atoms. The van der Waals surface area contributed by atoms with Crippen molar-refractivity contribution in [3.05, 3.63) is 64.8 Å². The molecule has 1 fully saturated rings. The number of pyridine rings is 1. The van der Waals surface area contributed by atoms with Crippen molar-refractivity contribution in [1.29, 1.82) is 0 Å². The molecule has 28 heavy (non-hydrogen) atoms. The Hall–Kier alpha value is -2.64. The second kappa shape index (κ2) is 8.58. The number of anilines is 3. The normalized spacial score (nSPS) is 14.2. The third-order valence-corrected chi connectivity index (χ3v) is 5.63. The summed E-state index contributed by atoms with van der Waals surface area (Å²) in [7, 11) is 0. The second-order valence-corrected chi connectivity index (χ2v) is 7.80. The Bertz CT molecular complexity index is 941. The summed E-state index contributed by atoms with van der Waals surface area (Å²) < 4.78 is 0. The van der Waals surface area contributed by atoms with Crippen LogP contribution in [0, 0.1) is 0 Å². The number of halogens is 1. The zero-order valence-corrected chi connectivity index (χ0v) is 16.8. The SMILES string of the molecule is O=C(Cc1csc(Nc2ccccn2)n1)N1CCN(c2cccc(Cl)c2)CC1. The van der Waals surface area contributed by atoms with E-state index in [0.29, 0.717) is 19.5 Å². The number of piperazine rings is 1. The number of aromatic nitrogens is 2. The van der Waals surface area contributed by atoms with Crippen LogP contribution in [0.4, 0.5) is 16.6 Å². The van der Waals surface area contributed by atoms with Crippen LogP contribution in [-0.2, 0) is 11.2 Å². The maximum atomic E-state index is 12.7. The van der Waals surface area contributed by atoms with Crippen molar-refractivity contribution < 1.29 is 4.79 Å². The molecule has 1 saturated heterocycles. The monoisotopic (exact) mass is 413 g/mol. The van der Waals surface area contributed by atoms with Gasteiger partial charge >= 0.3 is 0 Å². The highest BCUT2D eigenvalue weighted by Crippen LogP contribution is 2.22. The number of nitrogens with zero attached hydrogens (tertiary/aromatic N) is 4. The predicted octanol–water partition coefficient (Wildman–Crippen LogP) is 3.83. The van der Waals surface area contributed by atoms with Gasteiger partial charge in [0, 0.05) is 48.5 Å². The van der Waals surface area contributed by atoms with Crippen molar-refractivity contribution in [3.63, 3.8) is 0 Å². The van der Waals surface area contributed by atoms with Gasteiger partial charge in [0.15, 0.2) is 5.13 Å². The molecule has 0 atom stereocenters. The Morgan fingerprint density at radius 1 is 1.14 bits per heavy atom. The topological polar surface area (TPSA) is 61.4 Å². The van der Waals surface area contributed by atoms with Gasteiger partial charge in [0.05, 0.1) is 12.1 Å². The van der Waals surface area contributed by atoms with Gasteiger partial charge in [-0.1, -0.05) is 23.7 Å². The van der Waals surface area contributed by atoms with Crippen LogP contribution in [0.5, 0.6) is 0 Å². The summed E-state index contributed by atoms with van der Waals surface area (Å²) in [5.41, 5.74) is 1.88. The number of carbonyl (C=O) groups is 1. The van der Waals surface area contributed by atoms with Gasteiger partial charge in [-0.25, -0.2) is 9.97 Å². The van der Waals surface area contributed by atoms with E-state index in [4.69, 9.17) is 11.6 Å². The molecule has 1 aliphatic heterocycles. The minimum absolute atomic E-state index is 0.112. The molecule has 1 aliphatic rings. The summed E-state index contributed by atoms with van der Waals surface area (Å²) in [5, 5.41) is 6.56. The molecule has 3 heterocycles. The summed E-state index contributed by atoms with van der Waals surface area (Å²) in [5.74, 6) is 0.854. The van der Waals surface area contributed by atoms with E-state index >= 15 is 0 Å². The molecule has 0 unspecified atom stereocenters. The second-order valence-electron chi connectivity index (χ2n) is 6.51. The van der Waals surface area contributed by atoms with Gasteiger partial charge in [-0.05, 0) is 30.3 Å². The Morgan fingerprint density at radius 3 is 2.75 bits per heavy atom. The third-order valence-electron chi connectivity index (χ3n) is 4.59. The highest BCUT2D eigenvalue weighted by atomic mass is 35.5. The van der Waals surface area contributed by atoms with E-state index in [0.717, 1.165) is 40.4 Å². The molecule has 0 saturated carbocycles. The number of benzene rings is 1. The van der Waals surface area contributed by atoms with Gasteiger partial charge in [0.25, 0.3) is 0 Å². The maximum absolute atomic E-state index is 12.7. The number of thiazole rings is 1. The third kappa shape index (κ3) is 4.61. The van der Waals surface area contributed by atoms with Gasteiger partial charge in [0.1, 0.15) is 5.82 Å². The van der Waals surface area contributed by atoms with Crippen LogP contribution < -0.4 is 10.2 Å². The van der Waals surface area contributed by atoms with Crippen LogP contribution in [-0.4, -0.2) is 47.0 Å². The number of carbonyl (C=O) groups excluding carboxylic acids is 1. The van der Waals surface area contributed by atoms with Gasteiger partial charge in [-0.2, -0.15) is 0 Å². The summed E-state index contributed by atoms with van der Waals surface area (Å²) in [6.45, 7) is 3.01. The number of hydrogen-bond donors (Lipinski definition) is 1. The Kier molecular flexibility index (Phi) is 5.73. The molecular formula is C20H20ClN5OS. The Morgan fingerprint density at radius 2 is 2.00 bits per heavy atom. The van der Waals surface area contributed by atoms with E-state index in [-0.39, 0.29) is 5.91 Å². The fourth-order valence-corrected chi connectivity index (χ4v) is 4.05. The lowest BCUT2D eigenvalue weighted by molar-refractivity contribution is -0.130. The first kappa shape index (κ1) is 18.7. The summed E-state index contributed by atoms with van der Waals surface area (Å²) in [4.78, 5) is 25.5. The zero-order valence-electron chi connectivity index (χ0n) is 15.2. The number of amides is 1. The van der Waals surface area contributed by atoms with E-state index in [9.17, 15) is 4.79 Å². The molecule has 1 amide bonds. The number of hydrogen-bond acceptors (Lipinski definition) is 6. The maximum Gasteiger partial charge on any atom is 0.228 e. The van der Waals surface area contributed by atoms with Crippen molar-refractivity contribution in [2.45, 2.75) is 6.42 Å². The highest BCUT2D eigenvalue weighted by Gasteiger charge is 2.22. The van der Waals surface area contributed by atoms with E-state index in [1.165, 1.54) is 11.3 Å². The van der Waals surface area contributed by atoms with Gasteiger partial charge in [-0.3, -0.25) is 4.79 Å². The van der Waals surface area contributed by atoms with E-state index in [1.807, 2.05) is 46.7 Å². The molecule has 4 rings (SSSR count). The van der Waals surface area contributed by atoms with Gasteiger partial charge in [0.2, 0.25) is 5.91 Å². The van der Waals surface area contributed by atoms with Crippen molar-refractivity contribution in [2.75, 3.05) is 36.4 Å². The van der Waals surface area contributed by atoms with Crippen LogP contribution >= 0.6 is 22.9 Å². The molecule has 144 valence electrons. The van der Waals surface area contributed by atoms with E-state index in [2.05, 4.69) is 26.3 Å². The molecule has 0 radical (unpaired) electrons. The molecule has 0 spiro atoms. The highest BCUT2D eigenvalue weighted by molar-refractivity contribution is 7.13. The lowest BCUT2D eigenvalue weighted by Gasteiger charge is -2.36. The Labute approximate surface area is 172 Å². The molecule has 8 heteroatoms. The number of rotatable bonds is 5. The smallest absolute Gasteiger partial charge is 0.228 e. The fourth-order valence-electron chi connectivity index (χ4n) is 3.15. The molecule has 2 aromatic heterocycles.